The molecule has 1 aromatic carbocycles. The second-order valence-electron chi connectivity index (χ2n) is 3.58. The first kappa shape index (κ1) is 10.3. The molecule has 2 nitrogen and oxygen atoms in total. The van der Waals surface area contributed by atoms with Crippen LogP contribution >= 0.6 is 0 Å². The first-order valence-corrected chi connectivity index (χ1v) is 4.54. The van der Waals surface area contributed by atoms with E-state index in [9.17, 15) is 0 Å². The third-order valence-electron chi connectivity index (χ3n) is 2.06. The monoisotopic (exact) mass is 178 g/mol. The first-order chi connectivity index (χ1) is 6.09. The van der Waals surface area contributed by atoms with Gasteiger partial charge in [0.05, 0.1) is 0 Å². The molecular formula is C10H15BO2. The fourth-order valence-electron chi connectivity index (χ4n) is 1.25. The van der Waals surface area contributed by atoms with Gasteiger partial charge < -0.3 is 10.0 Å². The molecule has 70 valence electrons. The molecule has 0 radical (unpaired) electrons. The Labute approximate surface area is 79.4 Å². The van der Waals surface area contributed by atoms with E-state index >= 15 is 0 Å². The van der Waals surface area contributed by atoms with Gasteiger partial charge in [-0.25, -0.2) is 0 Å². The van der Waals surface area contributed by atoms with Gasteiger partial charge in [0.25, 0.3) is 0 Å². The van der Waals surface area contributed by atoms with Crippen LogP contribution in [-0.2, 0) is 6.32 Å². The maximum atomic E-state index is 8.74. The van der Waals surface area contributed by atoms with Gasteiger partial charge in [0.15, 0.2) is 0 Å². The standard InChI is InChI=1S/C10H15BO2/c1-8(2)10-5-3-9(4-6-10)7-11(12)13/h3-6,8,12-13H,7H2,1-2H3. The highest BCUT2D eigenvalue weighted by Crippen LogP contribution is 2.14. The summed E-state index contributed by atoms with van der Waals surface area (Å²) in [6.45, 7) is 4.27. The lowest BCUT2D eigenvalue weighted by Gasteiger charge is -2.06. The molecule has 13 heavy (non-hydrogen) atoms. The fraction of sp³-hybridized carbons (Fsp3) is 0.400. The third kappa shape index (κ3) is 3.21. The van der Waals surface area contributed by atoms with Crippen LogP contribution in [0.15, 0.2) is 24.3 Å². The van der Waals surface area contributed by atoms with Crippen LogP contribution in [0.3, 0.4) is 0 Å². The summed E-state index contributed by atoms with van der Waals surface area (Å²) in [4.78, 5) is 0. The van der Waals surface area contributed by atoms with Gasteiger partial charge in [-0.05, 0) is 11.5 Å². The molecule has 1 rings (SSSR count). The summed E-state index contributed by atoms with van der Waals surface area (Å²) in [7, 11) is -1.25. The quantitative estimate of drug-likeness (QED) is 0.686. The van der Waals surface area contributed by atoms with Gasteiger partial charge in [-0.1, -0.05) is 43.7 Å². The van der Waals surface area contributed by atoms with Crippen molar-refractivity contribution in [3.63, 3.8) is 0 Å². The average Bonchev–Trinajstić information content (AvgIpc) is 2.04. The Hall–Kier alpha value is -0.795. The van der Waals surface area contributed by atoms with Crippen LogP contribution in [0.25, 0.3) is 0 Å². The Bertz CT molecular complexity index is 254. The largest absolute Gasteiger partial charge is 0.456 e. The van der Waals surface area contributed by atoms with E-state index in [1.54, 1.807) is 0 Å². The van der Waals surface area contributed by atoms with E-state index in [4.69, 9.17) is 10.0 Å². The smallest absolute Gasteiger partial charge is 0.427 e. The molecule has 0 amide bonds. The van der Waals surface area contributed by atoms with Crippen LogP contribution in [-0.4, -0.2) is 17.2 Å². The van der Waals surface area contributed by atoms with Gasteiger partial charge in [-0.15, -0.1) is 0 Å². The Morgan fingerprint density at radius 2 is 1.69 bits per heavy atom. The highest BCUT2D eigenvalue weighted by molar-refractivity contribution is 6.40. The van der Waals surface area contributed by atoms with Crippen molar-refractivity contribution in [3.8, 4) is 0 Å². The van der Waals surface area contributed by atoms with E-state index in [-0.39, 0.29) is 0 Å². The Balaban J connectivity index is 2.70. The average molecular weight is 178 g/mol. The summed E-state index contributed by atoms with van der Waals surface area (Å²) in [5.41, 5.74) is 2.23. The highest BCUT2D eigenvalue weighted by Gasteiger charge is 2.07. The van der Waals surface area contributed by atoms with Crippen molar-refractivity contribution < 1.29 is 10.0 Å². The second-order valence-corrected chi connectivity index (χ2v) is 3.58. The molecule has 0 saturated heterocycles. The van der Waals surface area contributed by atoms with Gasteiger partial charge in [0, 0.05) is 6.32 Å². The predicted molar refractivity (Wildman–Crippen MR) is 54.4 cm³/mol. The van der Waals surface area contributed by atoms with Crippen molar-refractivity contribution in [3.05, 3.63) is 35.4 Å². The predicted octanol–water partition coefficient (Wildman–Crippen LogP) is 1.36. The van der Waals surface area contributed by atoms with Gasteiger partial charge in [-0.2, -0.15) is 0 Å². The van der Waals surface area contributed by atoms with E-state index in [1.807, 2.05) is 24.3 Å². The Kier molecular flexibility index (Phi) is 3.52. The summed E-state index contributed by atoms with van der Waals surface area (Å²) < 4.78 is 0. The minimum absolute atomic E-state index is 0.304. The van der Waals surface area contributed by atoms with Crippen molar-refractivity contribution in [1.29, 1.82) is 0 Å². The SMILES string of the molecule is CC(C)c1ccc(CB(O)O)cc1. The highest BCUT2D eigenvalue weighted by atomic mass is 16.4. The molecule has 0 spiro atoms. The molecular weight excluding hydrogens is 163 g/mol. The molecule has 0 heterocycles. The molecule has 0 aliphatic heterocycles. The zero-order valence-electron chi connectivity index (χ0n) is 8.07. The molecule has 0 aliphatic carbocycles. The van der Waals surface area contributed by atoms with Crippen molar-refractivity contribution in [2.24, 2.45) is 0 Å². The zero-order valence-corrected chi connectivity index (χ0v) is 8.07. The lowest BCUT2D eigenvalue weighted by molar-refractivity contribution is 0.405. The lowest BCUT2D eigenvalue weighted by atomic mass is 9.81. The molecule has 0 fully saturated rings. The van der Waals surface area contributed by atoms with Crippen molar-refractivity contribution in [2.45, 2.75) is 26.1 Å². The third-order valence-corrected chi connectivity index (χ3v) is 2.06. The van der Waals surface area contributed by atoms with E-state index in [0.717, 1.165) is 5.56 Å². The van der Waals surface area contributed by atoms with Gasteiger partial charge in [0.2, 0.25) is 0 Å². The first-order valence-electron chi connectivity index (χ1n) is 4.54. The van der Waals surface area contributed by atoms with E-state index in [2.05, 4.69) is 13.8 Å². The van der Waals surface area contributed by atoms with Crippen LogP contribution in [0, 0.1) is 0 Å². The molecule has 0 aliphatic rings. The van der Waals surface area contributed by atoms with Crippen LogP contribution in [0.1, 0.15) is 30.9 Å². The maximum Gasteiger partial charge on any atom is 0.456 e. The molecule has 3 heteroatoms. The minimum atomic E-state index is -1.25. The summed E-state index contributed by atoms with van der Waals surface area (Å²) >= 11 is 0. The van der Waals surface area contributed by atoms with E-state index in [1.165, 1.54) is 5.56 Å². The number of hydrogen-bond acceptors (Lipinski definition) is 2. The van der Waals surface area contributed by atoms with E-state index < -0.39 is 7.12 Å². The van der Waals surface area contributed by atoms with Gasteiger partial charge >= 0.3 is 7.12 Å². The summed E-state index contributed by atoms with van der Waals surface area (Å²) in [5.74, 6) is 0.521. The summed E-state index contributed by atoms with van der Waals surface area (Å²) in [6, 6.07) is 7.94. The molecule has 0 unspecified atom stereocenters. The van der Waals surface area contributed by atoms with Crippen LogP contribution in [0.4, 0.5) is 0 Å². The van der Waals surface area contributed by atoms with E-state index in [0.29, 0.717) is 12.2 Å². The number of rotatable bonds is 3. The van der Waals surface area contributed by atoms with Gasteiger partial charge in [0.1, 0.15) is 0 Å². The van der Waals surface area contributed by atoms with Gasteiger partial charge in [-0.3, -0.25) is 0 Å². The Morgan fingerprint density at radius 3 is 2.08 bits per heavy atom. The summed E-state index contributed by atoms with van der Waals surface area (Å²) in [5, 5.41) is 17.5. The van der Waals surface area contributed by atoms with Crippen molar-refractivity contribution >= 4 is 7.12 Å². The zero-order chi connectivity index (χ0) is 9.84. The Morgan fingerprint density at radius 1 is 1.15 bits per heavy atom. The molecule has 0 saturated carbocycles. The summed E-state index contributed by atoms with van der Waals surface area (Å²) in [6.07, 6.45) is 0.304. The topological polar surface area (TPSA) is 40.5 Å². The van der Waals surface area contributed by atoms with Crippen molar-refractivity contribution in [1.82, 2.24) is 0 Å². The molecule has 2 N–H and O–H groups in total. The lowest BCUT2D eigenvalue weighted by Crippen LogP contribution is -2.14. The normalized spacial score (nSPS) is 10.5. The molecule has 0 aromatic heterocycles. The number of hydrogen-bond donors (Lipinski definition) is 2. The number of benzene rings is 1. The maximum absolute atomic E-state index is 8.74. The van der Waals surface area contributed by atoms with Crippen LogP contribution in [0.5, 0.6) is 0 Å². The fourth-order valence-corrected chi connectivity index (χ4v) is 1.25. The van der Waals surface area contributed by atoms with Crippen LogP contribution in [0.2, 0.25) is 0 Å². The minimum Gasteiger partial charge on any atom is -0.427 e. The van der Waals surface area contributed by atoms with Crippen molar-refractivity contribution in [2.75, 3.05) is 0 Å². The molecule has 0 atom stereocenters. The molecule has 1 aromatic rings. The van der Waals surface area contributed by atoms with Crippen LogP contribution < -0.4 is 0 Å². The second kappa shape index (κ2) is 4.44. The molecule has 0 bridgehead atoms.